The highest BCUT2D eigenvalue weighted by Gasteiger charge is 2.38. The number of anilines is 1. The summed E-state index contributed by atoms with van der Waals surface area (Å²) in [5.74, 6) is -0.968. The molecule has 0 aliphatic rings. The standard InChI is InChI=1S/C12H11F6N5O/c1-5-3-7(11(13,14)15)22-23(5)4-8(24)19-9-6(2)20-21-10(9)12(16,17)18/h3H,4H2,1-2H3,(H,19,24)(H,20,21). The van der Waals surface area contributed by atoms with Gasteiger partial charge >= 0.3 is 12.4 Å². The smallest absolute Gasteiger partial charge is 0.321 e. The van der Waals surface area contributed by atoms with Crippen molar-refractivity contribution in [3.05, 3.63) is 28.8 Å². The summed E-state index contributed by atoms with van der Waals surface area (Å²) < 4.78 is 76.7. The van der Waals surface area contributed by atoms with Crippen LogP contribution >= 0.6 is 0 Å². The Morgan fingerprint density at radius 3 is 2.33 bits per heavy atom. The zero-order valence-electron chi connectivity index (χ0n) is 12.3. The third-order valence-corrected chi connectivity index (χ3v) is 3.05. The van der Waals surface area contributed by atoms with Gasteiger partial charge in [0.15, 0.2) is 11.4 Å². The van der Waals surface area contributed by atoms with E-state index in [0.29, 0.717) is 0 Å². The molecule has 0 unspecified atom stereocenters. The van der Waals surface area contributed by atoms with Crippen molar-refractivity contribution < 1.29 is 31.1 Å². The molecule has 0 aromatic carbocycles. The first-order chi connectivity index (χ1) is 10.9. The predicted molar refractivity (Wildman–Crippen MR) is 68.9 cm³/mol. The van der Waals surface area contributed by atoms with Crippen molar-refractivity contribution in [2.45, 2.75) is 32.7 Å². The number of hydrogen-bond acceptors (Lipinski definition) is 3. The number of alkyl halides is 6. The number of carbonyl (C=O) groups is 1. The molecule has 0 atom stereocenters. The van der Waals surface area contributed by atoms with Crippen LogP contribution in [0.25, 0.3) is 0 Å². The van der Waals surface area contributed by atoms with Crippen molar-refractivity contribution in [3.8, 4) is 0 Å². The maximum absolute atomic E-state index is 12.8. The molecule has 0 saturated heterocycles. The average Bonchev–Trinajstić information content (AvgIpc) is 2.94. The van der Waals surface area contributed by atoms with Crippen LogP contribution in [-0.4, -0.2) is 25.9 Å². The van der Waals surface area contributed by atoms with Gasteiger partial charge in [-0.25, -0.2) is 0 Å². The van der Waals surface area contributed by atoms with Gasteiger partial charge in [-0.1, -0.05) is 0 Å². The summed E-state index contributed by atoms with van der Waals surface area (Å²) in [6.07, 6.45) is -9.48. The molecular weight excluding hydrogens is 344 g/mol. The number of halogens is 6. The second-order valence-corrected chi connectivity index (χ2v) is 4.94. The van der Waals surface area contributed by atoms with E-state index in [1.165, 1.54) is 13.8 Å². The summed E-state index contributed by atoms with van der Waals surface area (Å²) in [7, 11) is 0. The van der Waals surface area contributed by atoms with Crippen LogP contribution in [0.4, 0.5) is 32.0 Å². The molecule has 24 heavy (non-hydrogen) atoms. The summed E-state index contributed by atoms with van der Waals surface area (Å²) in [6, 6.07) is 0.734. The molecule has 0 radical (unpaired) electrons. The SMILES string of the molecule is Cc1[nH]nc(C(F)(F)F)c1NC(=O)Cn1nc(C(F)(F)F)cc1C. The van der Waals surface area contributed by atoms with Gasteiger partial charge in [-0.15, -0.1) is 0 Å². The van der Waals surface area contributed by atoms with Crippen LogP contribution < -0.4 is 5.32 Å². The molecule has 6 nitrogen and oxygen atoms in total. The second kappa shape index (κ2) is 5.83. The zero-order valence-corrected chi connectivity index (χ0v) is 12.3. The summed E-state index contributed by atoms with van der Waals surface area (Å²) in [4.78, 5) is 11.9. The first kappa shape index (κ1) is 17.8. The largest absolute Gasteiger partial charge is 0.437 e. The van der Waals surface area contributed by atoms with Crippen LogP contribution in [0.1, 0.15) is 22.8 Å². The quantitative estimate of drug-likeness (QED) is 0.832. The molecule has 0 spiro atoms. The minimum atomic E-state index is -4.79. The number of carbonyl (C=O) groups excluding carboxylic acids is 1. The van der Waals surface area contributed by atoms with Crippen molar-refractivity contribution in [3.63, 3.8) is 0 Å². The molecule has 12 heteroatoms. The summed E-state index contributed by atoms with van der Waals surface area (Å²) in [5, 5.41) is 10.4. The van der Waals surface area contributed by atoms with Gasteiger partial charge in [0.1, 0.15) is 6.54 Å². The first-order valence-electron chi connectivity index (χ1n) is 6.43. The molecule has 2 N–H and O–H groups in total. The molecule has 0 bridgehead atoms. The Labute approximate surface area is 130 Å². The van der Waals surface area contributed by atoms with Gasteiger partial charge in [0.2, 0.25) is 5.91 Å². The van der Waals surface area contributed by atoms with E-state index in [2.05, 4.69) is 15.3 Å². The van der Waals surface area contributed by atoms with Crippen LogP contribution in [0.5, 0.6) is 0 Å². The van der Waals surface area contributed by atoms with Crippen molar-refractivity contribution >= 4 is 11.6 Å². The molecule has 132 valence electrons. The number of H-pyrrole nitrogens is 1. The number of aryl methyl sites for hydroxylation is 2. The highest BCUT2D eigenvalue weighted by molar-refractivity contribution is 5.91. The molecule has 2 aromatic heterocycles. The Hall–Kier alpha value is -2.53. The summed E-state index contributed by atoms with van der Waals surface area (Å²) in [6.45, 7) is 1.88. The van der Waals surface area contributed by atoms with E-state index in [4.69, 9.17) is 0 Å². The molecule has 2 heterocycles. The van der Waals surface area contributed by atoms with Crippen LogP contribution in [0.2, 0.25) is 0 Å². The Bertz CT molecular complexity index is 757. The Balaban J connectivity index is 2.19. The van der Waals surface area contributed by atoms with E-state index in [1.54, 1.807) is 0 Å². The van der Waals surface area contributed by atoms with Crippen molar-refractivity contribution in [2.75, 3.05) is 5.32 Å². The third kappa shape index (κ3) is 3.68. The second-order valence-electron chi connectivity index (χ2n) is 4.94. The van der Waals surface area contributed by atoms with Gasteiger partial charge in [0, 0.05) is 5.69 Å². The number of hydrogen-bond donors (Lipinski definition) is 2. The maximum Gasteiger partial charge on any atom is 0.437 e. The molecule has 0 saturated carbocycles. The Kier molecular flexibility index (Phi) is 4.33. The van der Waals surface area contributed by atoms with E-state index in [-0.39, 0.29) is 11.4 Å². The third-order valence-electron chi connectivity index (χ3n) is 3.05. The molecule has 0 aliphatic carbocycles. The lowest BCUT2D eigenvalue weighted by Gasteiger charge is -2.09. The molecule has 1 amide bonds. The number of nitrogens with zero attached hydrogens (tertiary/aromatic N) is 3. The molecule has 2 aromatic rings. The lowest BCUT2D eigenvalue weighted by atomic mass is 10.3. The van der Waals surface area contributed by atoms with Gasteiger partial charge in [-0.3, -0.25) is 14.6 Å². The van der Waals surface area contributed by atoms with Gasteiger partial charge in [0.05, 0.1) is 11.4 Å². The van der Waals surface area contributed by atoms with Crippen LogP contribution in [0.15, 0.2) is 6.07 Å². The molecule has 0 aliphatic heterocycles. The van der Waals surface area contributed by atoms with Crippen LogP contribution in [0.3, 0.4) is 0 Å². The fourth-order valence-electron chi connectivity index (χ4n) is 1.91. The van der Waals surface area contributed by atoms with Crippen molar-refractivity contribution in [1.29, 1.82) is 0 Å². The summed E-state index contributed by atoms with van der Waals surface area (Å²) >= 11 is 0. The highest BCUT2D eigenvalue weighted by atomic mass is 19.4. The average molecular weight is 355 g/mol. The lowest BCUT2D eigenvalue weighted by Crippen LogP contribution is -2.22. The number of aromatic nitrogens is 4. The van der Waals surface area contributed by atoms with Crippen LogP contribution in [-0.2, 0) is 23.7 Å². The van der Waals surface area contributed by atoms with Gasteiger partial charge in [-0.2, -0.15) is 36.5 Å². The lowest BCUT2D eigenvalue weighted by molar-refractivity contribution is -0.142. The minimum absolute atomic E-state index is 0.0381. The topological polar surface area (TPSA) is 75.6 Å². The first-order valence-corrected chi connectivity index (χ1v) is 6.43. The van der Waals surface area contributed by atoms with E-state index in [0.717, 1.165) is 10.7 Å². The van der Waals surface area contributed by atoms with E-state index >= 15 is 0 Å². The number of amides is 1. The molecule has 2 rings (SSSR count). The molecule has 0 fully saturated rings. The fraction of sp³-hybridized carbons (Fsp3) is 0.417. The van der Waals surface area contributed by atoms with Crippen LogP contribution in [0, 0.1) is 13.8 Å². The summed E-state index contributed by atoms with van der Waals surface area (Å²) in [5.41, 5.74) is -3.08. The normalized spacial score (nSPS) is 12.5. The maximum atomic E-state index is 12.8. The Morgan fingerprint density at radius 2 is 1.83 bits per heavy atom. The fourth-order valence-corrected chi connectivity index (χ4v) is 1.91. The van der Waals surface area contributed by atoms with Crippen molar-refractivity contribution in [2.24, 2.45) is 0 Å². The highest BCUT2D eigenvalue weighted by Crippen LogP contribution is 2.34. The van der Waals surface area contributed by atoms with Gasteiger partial charge < -0.3 is 5.32 Å². The van der Waals surface area contributed by atoms with Crippen molar-refractivity contribution in [1.82, 2.24) is 20.0 Å². The number of aromatic amines is 1. The Morgan fingerprint density at radius 1 is 1.21 bits per heavy atom. The monoisotopic (exact) mass is 355 g/mol. The van der Waals surface area contributed by atoms with Gasteiger partial charge in [-0.05, 0) is 19.9 Å². The predicted octanol–water partition coefficient (Wildman–Crippen LogP) is 2.90. The van der Waals surface area contributed by atoms with E-state index < -0.39 is 41.9 Å². The number of rotatable bonds is 3. The van der Waals surface area contributed by atoms with Gasteiger partial charge in [0.25, 0.3) is 0 Å². The zero-order chi connectivity index (χ0) is 18.3. The minimum Gasteiger partial charge on any atom is -0.321 e. The van der Waals surface area contributed by atoms with E-state index in [9.17, 15) is 31.1 Å². The molecular formula is C12H11F6N5O. The number of nitrogens with one attached hydrogen (secondary N) is 2. The van der Waals surface area contributed by atoms with E-state index in [1.807, 2.05) is 5.32 Å².